The Kier molecular flexibility index (Phi) is 14.2. The lowest BCUT2D eigenvalue weighted by atomic mass is 10.1. The first-order chi connectivity index (χ1) is 18.4. The van der Waals surface area contributed by atoms with Crippen molar-refractivity contribution in [3.63, 3.8) is 0 Å². The number of rotatable bonds is 12. The molecule has 2 N–H and O–H groups in total. The van der Waals surface area contributed by atoms with Gasteiger partial charge in [-0.2, -0.15) is 36.9 Å². The smallest absolute Gasteiger partial charge is 0.417 e. The third-order valence-corrected chi connectivity index (χ3v) is 5.41. The molecule has 0 amide bonds. The minimum atomic E-state index is -4.57. The number of aliphatic hydroxyl groups is 2. The molecule has 0 heterocycles. The Labute approximate surface area is 223 Å². The summed E-state index contributed by atoms with van der Waals surface area (Å²) in [5.74, 6) is 0.420. The number of ether oxygens (including phenoxy) is 2. The number of aliphatic hydroxyl groups excluding tert-OH is 2. The molecule has 1 unspecified atom stereocenters. The Morgan fingerprint density at radius 2 is 1.21 bits per heavy atom. The minimum absolute atomic E-state index is 0.0796. The van der Waals surface area contributed by atoms with Crippen LogP contribution in [0, 0.1) is 28.6 Å². The molecule has 0 aromatic heterocycles. The Morgan fingerprint density at radius 3 is 1.62 bits per heavy atom. The lowest BCUT2D eigenvalue weighted by Gasteiger charge is -2.13. The molecule has 0 aliphatic carbocycles. The fraction of sp³-hybridized carbons (Fsp3) is 0.481. The monoisotopic (exact) mass is 560 g/mol. The van der Waals surface area contributed by atoms with E-state index >= 15 is 0 Å². The highest BCUT2D eigenvalue weighted by molar-refractivity contribution is 5.45. The Morgan fingerprint density at radius 1 is 0.718 bits per heavy atom. The van der Waals surface area contributed by atoms with E-state index in [-0.39, 0.29) is 43.8 Å². The molecule has 1 atom stereocenters. The van der Waals surface area contributed by atoms with Gasteiger partial charge in [0.05, 0.1) is 47.6 Å². The molecule has 2 aromatic carbocycles. The first kappa shape index (κ1) is 33.5. The van der Waals surface area contributed by atoms with Crippen LogP contribution in [-0.2, 0) is 12.4 Å². The molecule has 0 aliphatic heterocycles. The van der Waals surface area contributed by atoms with Crippen molar-refractivity contribution in [1.29, 1.82) is 10.5 Å². The third kappa shape index (κ3) is 12.3. The van der Waals surface area contributed by atoms with Crippen molar-refractivity contribution in [2.75, 3.05) is 26.4 Å². The maximum Gasteiger partial charge on any atom is 0.417 e. The van der Waals surface area contributed by atoms with Crippen LogP contribution in [0.3, 0.4) is 0 Å². The van der Waals surface area contributed by atoms with Crippen LogP contribution in [0.5, 0.6) is 11.5 Å². The van der Waals surface area contributed by atoms with Gasteiger partial charge in [0, 0.05) is 13.2 Å². The normalized spacial score (nSPS) is 12.0. The van der Waals surface area contributed by atoms with Crippen molar-refractivity contribution in [2.24, 2.45) is 5.92 Å². The molecule has 39 heavy (non-hydrogen) atoms. The van der Waals surface area contributed by atoms with Gasteiger partial charge in [0.15, 0.2) is 0 Å². The number of alkyl halides is 6. The molecule has 214 valence electrons. The van der Waals surface area contributed by atoms with Crippen LogP contribution >= 0.6 is 0 Å². The van der Waals surface area contributed by atoms with E-state index in [1.807, 2.05) is 6.92 Å². The summed E-state index contributed by atoms with van der Waals surface area (Å²) in [4.78, 5) is 0. The highest BCUT2D eigenvalue weighted by Crippen LogP contribution is 2.35. The Balaban J connectivity index is 0.000000391. The van der Waals surface area contributed by atoms with Crippen LogP contribution in [-0.4, -0.2) is 36.6 Å². The Hall–Kier alpha value is -3.48. The van der Waals surface area contributed by atoms with Crippen molar-refractivity contribution < 1.29 is 46.0 Å². The van der Waals surface area contributed by atoms with Gasteiger partial charge in [0.25, 0.3) is 0 Å². The van der Waals surface area contributed by atoms with Crippen LogP contribution in [0.1, 0.15) is 61.3 Å². The highest BCUT2D eigenvalue weighted by Gasteiger charge is 2.35. The zero-order chi connectivity index (χ0) is 29.5. The Bertz CT molecular complexity index is 1110. The first-order valence-corrected chi connectivity index (χ1v) is 12.1. The second-order valence-electron chi connectivity index (χ2n) is 8.52. The van der Waals surface area contributed by atoms with Crippen LogP contribution in [0.2, 0.25) is 0 Å². The predicted octanol–water partition coefficient (Wildman–Crippen LogP) is 6.48. The molecule has 12 heteroatoms. The van der Waals surface area contributed by atoms with Gasteiger partial charge < -0.3 is 19.7 Å². The summed E-state index contributed by atoms with van der Waals surface area (Å²) in [6.45, 7) is 2.65. The largest absolute Gasteiger partial charge is 0.494 e. The average Bonchev–Trinajstić information content (AvgIpc) is 2.88. The van der Waals surface area contributed by atoms with Gasteiger partial charge >= 0.3 is 12.4 Å². The molecule has 0 fully saturated rings. The van der Waals surface area contributed by atoms with E-state index in [1.165, 1.54) is 24.3 Å². The molecule has 2 rings (SSSR count). The van der Waals surface area contributed by atoms with Gasteiger partial charge in [-0.3, -0.25) is 0 Å². The zero-order valence-corrected chi connectivity index (χ0v) is 21.3. The van der Waals surface area contributed by atoms with Crippen molar-refractivity contribution in [2.45, 2.75) is 51.4 Å². The number of nitrogens with zero attached hydrogens (tertiary/aromatic N) is 2. The molecule has 0 spiro atoms. The summed E-state index contributed by atoms with van der Waals surface area (Å²) >= 11 is 0. The molecule has 0 bridgehead atoms. The van der Waals surface area contributed by atoms with E-state index < -0.39 is 34.6 Å². The summed E-state index contributed by atoms with van der Waals surface area (Å²) in [7, 11) is 0. The average molecular weight is 561 g/mol. The van der Waals surface area contributed by atoms with Gasteiger partial charge in [0.2, 0.25) is 0 Å². The number of hydrogen-bond acceptors (Lipinski definition) is 6. The van der Waals surface area contributed by atoms with E-state index in [1.54, 1.807) is 0 Å². The van der Waals surface area contributed by atoms with Crippen LogP contribution < -0.4 is 9.47 Å². The molecule has 6 nitrogen and oxygen atoms in total. The minimum Gasteiger partial charge on any atom is -0.494 e. The lowest BCUT2D eigenvalue weighted by molar-refractivity contribution is -0.138. The maximum absolute atomic E-state index is 12.7. The predicted molar refractivity (Wildman–Crippen MR) is 130 cm³/mol. The van der Waals surface area contributed by atoms with Crippen LogP contribution in [0.25, 0.3) is 0 Å². The van der Waals surface area contributed by atoms with Crippen molar-refractivity contribution in [1.82, 2.24) is 0 Å². The molecular weight excluding hydrogens is 530 g/mol. The van der Waals surface area contributed by atoms with Gasteiger partial charge in [-0.25, -0.2) is 0 Å². The maximum atomic E-state index is 12.7. The molecule has 0 saturated heterocycles. The fourth-order valence-electron chi connectivity index (χ4n) is 3.21. The van der Waals surface area contributed by atoms with Crippen LogP contribution in [0.15, 0.2) is 36.4 Å². The third-order valence-electron chi connectivity index (χ3n) is 5.41. The van der Waals surface area contributed by atoms with Gasteiger partial charge in [-0.05, 0) is 74.4 Å². The quantitative estimate of drug-likeness (QED) is 0.227. The van der Waals surface area contributed by atoms with E-state index in [9.17, 15) is 26.3 Å². The lowest BCUT2D eigenvalue weighted by Crippen LogP contribution is -2.09. The van der Waals surface area contributed by atoms with Gasteiger partial charge in [-0.1, -0.05) is 6.92 Å². The molecule has 0 saturated carbocycles. The topological polar surface area (TPSA) is 106 Å². The summed E-state index contributed by atoms with van der Waals surface area (Å²) in [5.41, 5.74) is -2.80. The first-order valence-electron chi connectivity index (χ1n) is 12.1. The molecule has 0 radical (unpaired) electrons. The fourth-order valence-corrected chi connectivity index (χ4v) is 3.21. The van der Waals surface area contributed by atoms with E-state index in [2.05, 4.69) is 0 Å². The second kappa shape index (κ2) is 16.5. The SMILES string of the molecule is CC(CCO)CCOc1ccc(C#N)c(C(F)(F)F)c1.N#Cc1ccc(OCCCCCO)cc1C(F)(F)F. The summed E-state index contributed by atoms with van der Waals surface area (Å²) in [5, 5.41) is 34.6. The number of benzene rings is 2. The second-order valence-corrected chi connectivity index (χ2v) is 8.52. The number of halogens is 6. The van der Waals surface area contributed by atoms with E-state index in [0.29, 0.717) is 25.7 Å². The van der Waals surface area contributed by atoms with Crippen molar-refractivity contribution in [3.05, 3.63) is 58.7 Å². The molecule has 2 aromatic rings. The van der Waals surface area contributed by atoms with E-state index in [0.717, 1.165) is 30.7 Å². The van der Waals surface area contributed by atoms with Crippen molar-refractivity contribution in [3.8, 4) is 23.6 Å². The zero-order valence-electron chi connectivity index (χ0n) is 21.3. The molecular formula is C27H30F6N2O4. The molecule has 0 aliphatic rings. The summed E-state index contributed by atoms with van der Waals surface area (Å²) < 4.78 is 86.7. The summed E-state index contributed by atoms with van der Waals surface area (Å²) in [6, 6.07) is 9.62. The van der Waals surface area contributed by atoms with Crippen molar-refractivity contribution >= 4 is 0 Å². The highest BCUT2D eigenvalue weighted by atomic mass is 19.4. The van der Waals surface area contributed by atoms with Gasteiger partial charge in [0.1, 0.15) is 11.5 Å². The summed E-state index contributed by atoms with van der Waals surface area (Å²) in [6.07, 6.45) is -5.83. The number of hydrogen-bond donors (Lipinski definition) is 2. The van der Waals surface area contributed by atoms with Gasteiger partial charge in [-0.15, -0.1) is 0 Å². The van der Waals surface area contributed by atoms with Crippen LogP contribution in [0.4, 0.5) is 26.3 Å². The number of unbranched alkanes of at least 4 members (excludes halogenated alkanes) is 2. The van der Waals surface area contributed by atoms with E-state index in [4.69, 9.17) is 30.2 Å². The standard InChI is InChI=1S/C14H16F3NO2.C13H14F3NO2/c1-10(4-6-19)5-7-20-12-3-2-11(9-18)13(8-12)14(15,16)17;14-13(15,16)12-8-11(5-4-10(12)9-17)19-7-3-1-2-6-18/h2-3,8,10,19H,4-7H2,1H3;4-5,8,18H,1-3,6-7H2. The number of nitriles is 2.